The van der Waals surface area contributed by atoms with Gasteiger partial charge in [0.1, 0.15) is 0 Å². The summed E-state index contributed by atoms with van der Waals surface area (Å²) in [6.45, 7) is 4.65. The van der Waals surface area contributed by atoms with Gasteiger partial charge in [-0.3, -0.25) is 4.79 Å². The van der Waals surface area contributed by atoms with Crippen LogP contribution < -0.4 is 0 Å². The number of thiazole rings is 1. The maximum Gasteiger partial charge on any atom is 0.233 e. The molecule has 1 amide bonds. The third-order valence-corrected chi connectivity index (χ3v) is 8.33. The number of sulfone groups is 1. The van der Waals surface area contributed by atoms with Crippen LogP contribution in [0.15, 0.2) is 22.5 Å². The van der Waals surface area contributed by atoms with Gasteiger partial charge in [-0.25, -0.2) is 13.4 Å². The normalized spacial score (nSPS) is 19.3. The molecule has 1 atom stereocenters. The first-order valence-corrected chi connectivity index (χ1v) is 12.4. The minimum absolute atomic E-state index is 0.0249. The fourth-order valence-corrected chi connectivity index (χ4v) is 6.85. The van der Waals surface area contributed by atoms with Crippen molar-refractivity contribution in [3.05, 3.63) is 23.2 Å². The summed E-state index contributed by atoms with van der Waals surface area (Å²) in [5, 5.41) is 0.640. The number of hydrogen-bond donors (Lipinski definition) is 0. The Hall–Kier alpha value is -0.830. The molecule has 1 fully saturated rings. The van der Waals surface area contributed by atoms with Gasteiger partial charge in [0.25, 0.3) is 0 Å². The van der Waals surface area contributed by atoms with Crippen molar-refractivity contribution in [2.24, 2.45) is 5.92 Å². The van der Waals surface area contributed by atoms with E-state index in [0.29, 0.717) is 18.0 Å². The Kier molecular flexibility index (Phi) is 6.16. The lowest BCUT2D eigenvalue weighted by atomic mass is 10.1. The molecule has 5 nitrogen and oxygen atoms in total. The molecular weight excluding hydrogens is 412 g/mol. The molecule has 0 radical (unpaired) electrons. The number of hydrogen-bond acceptors (Lipinski definition) is 6. The predicted molar refractivity (Wildman–Crippen MR) is 109 cm³/mol. The Bertz CT molecular complexity index is 911. The number of aromatic nitrogens is 1. The van der Waals surface area contributed by atoms with E-state index in [9.17, 15) is 13.2 Å². The summed E-state index contributed by atoms with van der Waals surface area (Å²) in [4.78, 5) is 19.1. The predicted octanol–water partition coefficient (Wildman–Crippen LogP) is 3.71. The second-order valence-corrected chi connectivity index (χ2v) is 11.8. The van der Waals surface area contributed by atoms with Gasteiger partial charge in [0.2, 0.25) is 5.91 Å². The number of thioether (sulfide) groups is 1. The van der Waals surface area contributed by atoms with Gasteiger partial charge in [0, 0.05) is 17.6 Å². The SMILES string of the molecule is CC(C)CN(C(=O)CSc1nc2cc(Cl)ccc2s1)C1CCS(=O)(=O)C1. The Labute approximate surface area is 167 Å². The second-order valence-electron chi connectivity index (χ2n) is 6.88. The number of fused-ring (bicyclic) bond motifs is 1. The van der Waals surface area contributed by atoms with E-state index >= 15 is 0 Å². The highest BCUT2D eigenvalue weighted by atomic mass is 35.5. The first kappa shape index (κ1) is 19.9. The number of carbonyl (C=O) groups excluding carboxylic acids is 1. The minimum Gasteiger partial charge on any atom is -0.338 e. The van der Waals surface area contributed by atoms with Crippen LogP contribution in [-0.4, -0.2) is 54.1 Å². The van der Waals surface area contributed by atoms with Crippen LogP contribution >= 0.6 is 34.7 Å². The number of rotatable bonds is 6. The molecule has 1 unspecified atom stereocenters. The molecular formula is C17H21ClN2O3S3. The van der Waals surface area contributed by atoms with Gasteiger partial charge in [-0.2, -0.15) is 0 Å². The highest BCUT2D eigenvalue weighted by Gasteiger charge is 2.34. The van der Waals surface area contributed by atoms with Crippen molar-refractivity contribution in [2.75, 3.05) is 23.8 Å². The quantitative estimate of drug-likeness (QED) is 0.651. The molecule has 0 aliphatic carbocycles. The zero-order valence-electron chi connectivity index (χ0n) is 14.6. The monoisotopic (exact) mass is 432 g/mol. The Morgan fingerprint density at radius 3 is 2.88 bits per heavy atom. The fraction of sp³-hybridized carbons (Fsp3) is 0.529. The van der Waals surface area contributed by atoms with Gasteiger partial charge in [-0.1, -0.05) is 37.2 Å². The van der Waals surface area contributed by atoms with Crippen LogP contribution in [0.2, 0.25) is 5.02 Å². The first-order chi connectivity index (χ1) is 12.2. The van der Waals surface area contributed by atoms with Crippen LogP contribution in [0.5, 0.6) is 0 Å². The van der Waals surface area contributed by atoms with Crippen LogP contribution in [0.1, 0.15) is 20.3 Å². The standard InChI is InChI=1S/C17H21ClN2O3S3/c1-11(2)8-20(13-5-6-26(22,23)10-13)16(21)9-24-17-19-14-7-12(18)3-4-15(14)25-17/h3-4,7,11,13H,5-6,8-10H2,1-2H3. The van der Waals surface area contributed by atoms with E-state index in [4.69, 9.17) is 11.6 Å². The van der Waals surface area contributed by atoms with E-state index in [1.807, 2.05) is 32.0 Å². The zero-order chi connectivity index (χ0) is 18.9. The molecule has 2 heterocycles. The van der Waals surface area contributed by atoms with Gasteiger partial charge < -0.3 is 4.90 Å². The minimum atomic E-state index is -3.02. The van der Waals surface area contributed by atoms with Crippen LogP contribution in [-0.2, 0) is 14.6 Å². The molecule has 3 rings (SSSR count). The van der Waals surface area contributed by atoms with E-state index in [1.165, 1.54) is 23.1 Å². The van der Waals surface area contributed by atoms with Gasteiger partial charge >= 0.3 is 0 Å². The lowest BCUT2D eigenvalue weighted by Crippen LogP contribution is -2.44. The third kappa shape index (κ3) is 4.91. The zero-order valence-corrected chi connectivity index (χ0v) is 17.8. The van der Waals surface area contributed by atoms with Crippen LogP contribution in [0.4, 0.5) is 0 Å². The van der Waals surface area contributed by atoms with Gasteiger partial charge in [-0.05, 0) is 30.5 Å². The highest BCUT2D eigenvalue weighted by molar-refractivity contribution is 8.01. The lowest BCUT2D eigenvalue weighted by Gasteiger charge is -2.29. The number of benzene rings is 1. The summed E-state index contributed by atoms with van der Waals surface area (Å²) in [7, 11) is -3.02. The molecule has 1 aromatic heterocycles. The number of halogens is 1. The van der Waals surface area contributed by atoms with Crippen LogP contribution in [0.25, 0.3) is 10.2 Å². The van der Waals surface area contributed by atoms with Crippen molar-refractivity contribution in [1.82, 2.24) is 9.88 Å². The highest BCUT2D eigenvalue weighted by Crippen LogP contribution is 2.31. The molecule has 142 valence electrons. The summed E-state index contributed by atoms with van der Waals surface area (Å²) in [6, 6.07) is 5.36. The number of carbonyl (C=O) groups is 1. The molecule has 26 heavy (non-hydrogen) atoms. The average Bonchev–Trinajstić information content (AvgIpc) is 3.12. The summed E-state index contributed by atoms with van der Waals surface area (Å²) < 4.78 is 25.4. The summed E-state index contributed by atoms with van der Waals surface area (Å²) in [6.07, 6.45) is 0.533. The maximum atomic E-state index is 12.8. The summed E-state index contributed by atoms with van der Waals surface area (Å²) in [5.41, 5.74) is 0.832. The largest absolute Gasteiger partial charge is 0.338 e. The number of nitrogens with zero attached hydrogens (tertiary/aromatic N) is 2. The molecule has 0 N–H and O–H groups in total. The van der Waals surface area contributed by atoms with Crippen molar-refractivity contribution in [2.45, 2.75) is 30.6 Å². The van der Waals surface area contributed by atoms with Gasteiger partial charge in [0.15, 0.2) is 14.2 Å². The summed E-state index contributed by atoms with van der Waals surface area (Å²) >= 11 is 8.92. The van der Waals surface area contributed by atoms with Crippen molar-refractivity contribution >= 4 is 60.7 Å². The molecule has 1 saturated heterocycles. The van der Waals surface area contributed by atoms with Crippen LogP contribution in [0.3, 0.4) is 0 Å². The molecule has 1 aliphatic rings. The molecule has 0 saturated carbocycles. The van der Waals surface area contributed by atoms with E-state index in [2.05, 4.69) is 4.98 Å². The fourth-order valence-electron chi connectivity index (χ4n) is 3.02. The maximum absolute atomic E-state index is 12.8. The smallest absolute Gasteiger partial charge is 0.233 e. The second kappa shape index (κ2) is 8.04. The topological polar surface area (TPSA) is 67.3 Å². The van der Waals surface area contributed by atoms with E-state index in [-0.39, 0.29) is 35.1 Å². The van der Waals surface area contributed by atoms with E-state index in [1.54, 1.807) is 4.90 Å². The Morgan fingerprint density at radius 2 is 2.23 bits per heavy atom. The third-order valence-electron chi connectivity index (χ3n) is 4.18. The Morgan fingerprint density at radius 1 is 1.46 bits per heavy atom. The van der Waals surface area contributed by atoms with Crippen molar-refractivity contribution in [3.8, 4) is 0 Å². The van der Waals surface area contributed by atoms with E-state index in [0.717, 1.165) is 14.6 Å². The Balaban J connectivity index is 1.68. The molecule has 9 heteroatoms. The summed E-state index contributed by atoms with van der Waals surface area (Å²) in [5.74, 6) is 0.776. The lowest BCUT2D eigenvalue weighted by molar-refractivity contribution is -0.130. The van der Waals surface area contributed by atoms with Gasteiger partial charge in [0.05, 0.1) is 27.5 Å². The van der Waals surface area contributed by atoms with Crippen molar-refractivity contribution < 1.29 is 13.2 Å². The van der Waals surface area contributed by atoms with Crippen molar-refractivity contribution in [1.29, 1.82) is 0 Å². The molecule has 2 aromatic rings. The van der Waals surface area contributed by atoms with E-state index < -0.39 is 9.84 Å². The van der Waals surface area contributed by atoms with Crippen molar-refractivity contribution in [3.63, 3.8) is 0 Å². The number of amides is 1. The van der Waals surface area contributed by atoms with Crippen LogP contribution in [0, 0.1) is 5.92 Å². The molecule has 0 bridgehead atoms. The molecule has 1 aliphatic heterocycles. The average molecular weight is 433 g/mol. The first-order valence-electron chi connectivity index (χ1n) is 8.42. The van der Waals surface area contributed by atoms with Gasteiger partial charge in [-0.15, -0.1) is 11.3 Å². The molecule has 1 aromatic carbocycles. The molecule has 0 spiro atoms.